The minimum atomic E-state index is -0.580. The number of H-pyrrole nitrogens is 1. The second-order valence-electron chi connectivity index (χ2n) is 7.16. The van der Waals surface area contributed by atoms with Crippen LogP contribution in [0, 0.1) is 17.0 Å². The van der Waals surface area contributed by atoms with Crippen LogP contribution in [0.25, 0.3) is 22.5 Å². The zero-order valence-corrected chi connectivity index (χ0v) is 21.8. The Morgan fingerprint density at radius 1 is 1.06 bits per heavy atom. The second kappa shape index (κ2) is 12.5. The lowest BCUT2D eigenvalue weighted by Gasteiger charge is -2.12. The van der Waals surface area contributed by atoms with Crippen LogP contribution >= 0.6 is 48.0 Å². The van der Waals surface area contributed by atoms with Crippen molar-refractivity contribution in [3.05, 3.63) is 68.7 Å². The molecule has 0 unspecified atom stereocenters. The van der Waals surface area contributed by atoms with Gasteiger partial charge in [-0.2, -0.15) is 0 Å². The number of rotatable bonds is 8. The third kappa shape index (κ3) is 6.64. The monoisotopic (exact) mass is 571 g/mol. The number of halogens is 4. The van der Waals surface area contributed by atoms with E-state index in [0.29, 0.717) is 57.4 Å². The number of nitrogens with one attached hydrogen (secondary N) is 3. The first kappa shape index (κ1) is 28.9. The van der Waals surface area contributed by atoms with Gasteiger partial charge in [0.2, 0.25) is 11.8 Å². The number of anilines is 3. The van der Waals surface area contributed by atoms with Crippen molar-refractivity contribution in [1.82, 2.24) is 24.9 Å². The molecule has 0 bridgehead atoms. The van der Waals surface area contributed by atoms with E-state index in [1.807, 2.05) is 6.92 Å². The fourth-order valence-corrected chi connectivity index (χ4v) is 3.68. The Bertz CT molecular complexity index is 1370. The van der Waals surface area contributed by atoms with Gasteiger partial charge in [-0.3, -0.25) is 10.1 Å². The molecule has 0 radical (unpaired) electrons. The van der Waals surface area contributed by atoms with E-state index in [2.05, 4.69) is 35.6 Å². The standard InChI is InChI=1S/C21H19Cl2N9O2.2ClH/c1-11-27-10-16(29-11)14-9-28-21(31-19(14)13-3-2-12(22)8-15(13)23)26-7-6-25-18-5-4-17(32(33)34)20(24)30-18;;/h2-5,8-10H,6-7H2,1H3,(H,27,29)(H3,24,25,30)(H,26,28,31);2*1H. The molecule has 36 heavy (non-hydrogen) atoms. The van der Waals surface area contributed by atoms with Crippen molar-refractivity contribution in [2.45, 2.75) is 6.92 Å². The van der Waals surface area contributed by atoms with Crippen LogP contribution in [0.4, 0.5) is 23.3 Å². The van der Waals surface area contributed by atoms with E-state index in [9.17, 15) is 10.1 Å². The summed E-state index contributed by atoms with van der Waals surface area (Å²) in [5, 5.41) is 18.0. The van der Waals surface area contributed by atoms with E-state index in [0.717, 1.165) is 5.82 Å². The van der Waals surface area contributed by atoms with E-state index in [1.165, 1.54) is 12.1 Å². The van der Waals surface area contributed by atoms with Crippen molar-refractivity contribution in [3.63, 3.8) is 0 Å². The van der Waals surface area contributed by atoms with Gasteiger partial charge in [0.1, 0.15) is 11.6 Å². The SMILES string of the molecule is Cc1nc(-c2cnc(NCCNc3ccc([N+](=O)[O-])c(N)n3)nc2-c2ccc(Cl)cc2Cl)c[nH]1.Cl.Cl. The van der Waals surface area contributed by atoms with E-state index in [4.69, 9.17) is 28.9 Å². The molecule has 15 heteroatoms. The fourth-order valence-electron chi connectivity index (χ4n) is 3.18. The van der Waals surface area contributed by atoms with E-state index < -0.39 is 4.92 Å². The number of nitrogens with zero attached hydrogens (tertiary/aromatic N) is 5. The Labute approximate surface area is 228 Å². The zero-order valence-electron chi connectivity index (χ0n) is 18.7. The van der Waals surface area contributed by atoms with Crippen LogP contribution in [0.15, 0.2) is 42.7 Å². The van der Waals surface area contributed by atoms with Crippen molar-refractivity contribution in [3.8, 4) is 22.5 Å². The molecule has 11 nitrogen and oxygen atoms in total. The molecule has 0 saturated carbocycles. The van der Waals surface area contributed by atoms with Gasteiger partial charge in [-0.25, -0.2) is 19.9 Å². The lowest BCUT2D eigenvalue weighted by Crippen LogP contribution is -2.16. The molecule has 0 saturated heterocycles. The maximum absolute atomic E-state index is 10.9. The first-order chi connectivity index (χ1) is 16.3. The molecule has 4 aromatic rings. The van der Waals surface area contributed by atoms with Gasteiger partial charge < -0.3 is 21.4 Å². The summed E-state index contributed by atoms with van der Waals surface area (Å²) in [4.78, 5) is 30.9. The Morgan fingerprint density at radius 2 is 1.81 bits per heavy atom. The second-order valence-corrected chi connectivity index (χ2v) is 8.01. The predicted molar refractivity (Wildman–Crippen MR) is 147 cm³/mol. The van der Waals surface area contributed by atoms with Crippen molar-refractivity contribution in [2.75, 3.05) is 29.5 Å². The van der Waals surface area contributed by atoms with Gasteiger partial charge in [0.25, 0.3) is 0 Å². The highest BCUT2D eigenvalue weighted by Crippen LogP contribution is 2.35. The fraction of sp³-hybridized carbons (Fsp3) is 0.143. The number of aryl methyl sites for hydroxylation is 1. The minimum absolute atomic E-state index is 0. The Balaban J connectivity index is 0.00000228. The van der Waals surface area contributed by atoms with Crippen molar-refractivity contribution in [1.29, 1.82) is 0 Å². The molecular weight excluding hydrogens is 552 g/mol. The van der Waals surface area contributed by atoms with Gasteiger partial charge in [0.05, 0.1) is 21.3 Å². The van der Waals surface area contributed by atoms with Gasteiger partial charge >= 0.3 is 5.69 Å². The summed E-state index contributed by atoms with van der Waals surface area (Å²) in [6, 6.07) is 7.99. The molecule has 1 aromatic carbocycles. The average Bonchev–Trinajstić information content (AvgIpc) is 3.22. The Morgan fingerprint density at radius 3 is 2.44 bits per heavy atom. The van der Waals surface area contributed by atoms with Crippen LogP contribution in [-0.4, -0.2) is 42.9 Å². The summed E-state index contributed by atoms with van der Waals surface area (Å²) in [6.45, 7) is 2.73. The smallest absolute Gasteiger partial charge is 0.311 e. The highest BCUT2D eigenvalue weighted by Gasteiger charge is 2.17. The highest BCUT2D eigenvalue weighted by molar-refractivity contribution is 6.36. The van der Waals surface area contributed by atoms with Crippen LogP contribution in [0.5, 0.6) is 0 Å². The summed E-state index contributed by atoms with van der Waals surface area (Å²) in [5.41, 5.74) is 8.07. The molecule has 0 amide bonds. The molecule has 0 aliphatic rings. The largest absolute Gasteiger partial charge is 0.378 e. The van der Waals surface area contributed by atoms with E-state index in [-0.39, 0.29) is 36.3 Å². The third-order valence-corrected chi connectivity index (χ3v) is 5.32. The molecule has 0 aliphatic carbocycles. The van der Waals surface area contributed by atoms with Crippen LogP contribution in [0.2, 0.25) is 10.0 Å². The maximum atomic E-state index is 10.9. The van der Waals surface area contributed by atoms with Crippen molar-refractivity contribution < 1.29 is 4.92 Å². The van der Waals surface area contributed by atoms with Gasteiger partial charge in [-0.1, -0.05) is 23.2 Å². The number of imidazole rings is 1. The van der Waals surface area contributed by atoms with Gasteiger partial charge in [0.15, 0.2) is 0 Å². The first-order valence-electron chi connectivity index (χ1n) is 10.1. The third-order valence-electron chi connectivity index (χ3n) is 4.77. The van der Waals surface area contributed by atoms with Gasteiger partial charge in [0, 0.05) is 47.7 Å². The molecule has 4 rings (SSSR count). The van der Waals surface area contributed by atoms with Gasteiger partial charge in [-0.05, 0) is 31.2 Å². The molecule has 0 atom stereocenters. The van der Waals surface area contributed by atoms with Crippen LogP contribution in [0.1, 0.15) is 5.82 Å². The summed E-state index contributed by atoms with van der Waals surface area (Å²) in [7, 11) is 0. The molecule has 0 spiro atoms. The molecule has 5 N–H and O–H groups in total. The minimum Gasteiger partial charge on any atom is -0.378 e. The number of hydrogen-bond acceptors (Lipinski definition) is 9. The maximum Gasteiger partial charge on any atom is 0.311 e. The predicted octanol–water partition coefficient (Wildman–Crippen LogP) is 5.40. The van der Waals surface area contributed by atoms with Gasteiger partial charge in [-0.15, -0.1) is 24.8 Å². The number of nitrogen functional groups attached to an aromatic ring is 1. The topological polar surface area (TPSA) is 161 Å². The molecule has 0 fully saturated rings. The summed E-state index contributed by atoms with van der Waals surface area (Å²) in [5.74, 6) is 1.41. The molecule has 190 valence electrons. The molecular formula is C21H21Cl4N9O2. The van der Waals surface area contributed by atoms with Crippen molar-refractivity contribution >= 4 is 71.3 Å². The number of nitro groups is 1. The number of aromatic amines is 1. The Kier molecular flexibility index (Phi) is 10.1. The summed E-state index contributed by atoms with van der Waals surface area (Å²) < 4.78 is 0. The van der Waals surface area contributed by atoms with Crippen LogP contribution in [0.3, 0.4) is 0 Å². The highest BCUT2D eigenvalue weighted by atomic mass is 35.5. The number of aromatic nitrogens is 5. The lowest BCUT2D eigenvalue weighted by atomic mass is 10.1. The molecule has 3 heterocycles. The van der Waals surface area contributed by atoms with E-state index >= 15 is 0 Å². The molecule has 3 aromatic heterocycles. The number of nitrogens with two attached hydrogens (primary N) is 1. The quantitative estimate of drug-likeness (QED) is 0.123. The summed E-state index contributed by atoms with van der Waals surface area (Å²) >= 11 is 12.5. The number of hydrogen-bond donors (Lipinski definition) is 4. The van der Waals surface area contributed by atoms with Crippen LogP contribution < -0.4 is 16.4 Å². The number of pyridine rings is 1. The van der Waals surface area contributed by atoms with E-state index in [1.54, 1.807) is 30.6 Å². The van der Waals surface area contributed by atoms with Crippen LogP contribution in [-0.2, 0) is 0 Å². The first-order valence-corrected chi connectivity index (χ1v) is 10.8. The number of benzene rings is 1. The van der Waals surface area contributed by atoms with Crippen molar-refractivity contribution in [2.24, 2.45) is 0 Å². The molecule has 0 aliphatic heterocycles. The Hall–Kier alpha value is -3.38. The lowest BCUT2D eigenvalue weighted by molar-refractivity contribution is -0.384. The summed E-state index contributed by atoms with van der Waals surface area (Å²) in [6.07, 6.45) is 3.46. The zero-order chi connectivity index (χ0) is 24.2. The normalized spacial score (nSPS) is 10.2. The average molecular weight is 573 g/mol.